The molecule has 0 radical (unpaired) electrons. The summed E-state index contributed by atoms with van der Waals surface area (Å²) < 4.78 is 6.42. The van der Waals surface area contributed by atoms with Crippen LogP contribution in [0.15, 0.2) is 12.3 Å². The summed E-state index contributed by atoms with van der Waals surface area (Å²) >= 11 is 2.08. The van der Waals surface area contributed by atoms with E-state index in [4.69, 9.17) is 4.74 Å². The minimum absolute atomic E-state index is 0.133. The van der Waals surface area contributed by atoms with Crippen molar-refractivity contribution >= 4 is 28.5 Å². The molecule has 1 saturated carbocycles. The van der Waals surface area contributed by atoms with Gasteiger partial charge in [-0.05, 0) is 41.5 Å². The zero-order valence-electron chi connectivity index (χ0n) is 8.29. The molecule has 1 N–H and O–H groups in total. The lowest BCUT2D eigenvalue weighted by atomic mass is 10.2. The Balaban J connectivity index is 2.33. The number of rotatable bonds is 3. The fraction of sp³-hybridized carbons (Fsp3) is 0.400. The summed E-state index contributed by atoms with van der Waals surface area (Å²) in [6.07, 6.45) is 4.02. The highest BCUT2D eigenvalue weighted by Gasteiger charge is 2.27. The van der Waals surface area contributed by atoms with Crippen molar-refractivity contribution in [2.24, 2.45) is 0 Å². The summed E-state index contributed by atoms with van der Waals surface area (Å²) in [7, 11) is 1.61. The van der Waals surface area contributed by atoms with Gasteiger partial charge in [0.15, 0.2) is 5.75 Å². The van der Waals surface area contributed by atoms with Gasteiger partial charge in [-0.1, -0.05) is 0 Å². The van der Waals surface area contributed by atoms with Gasteiger partial charge in [0.2, 0.25) is 0 Å². The second-order valence-electron chi connectivity index (χ2n) is 3.37. The van der Waals surface area contributed by atoms with Gasteiger partial charge in [-0.15, -0.1) is 0 Å². The maximum atomic E-state index is 11.6. The summed E-state index contributed by atoms with van der Waals surface area (Å²) in [5, 5.41) is 2.59. The molecule has 5 heteroatoms. The highest BCUT2D eigenvalue weighted by Crippen LogP contribution is 2.31. The highest BCUT2D eigenvalue weighted by molar-refractivity contribution is 14.1. The molecule has 0 bridgehead atoms. The van der Waals surface area contributed by atoms with Gasteiger partial charge in [-0.25, -0.2) is 4.98 Å². The van der Waals surface area contributed by atoms with E-state index in [-0.39, 0.29) is 12.0 Å². The van der Waals surface area contributed by atoms with Gasteiger partial charge in [0.1, 0.15) is 3.70 Å². The number of halogens is 1. The number of nitrogens with one attached hydrogen (secondary N) is 1. The van der Waals surface area contributed by atoms with Crippen LogP contribution in [-0.2, 0) is 0 Å². The summed E-state index contributed by atoms with van der Waals surface area (Å²) in [6.45, 7) is 0. The Morgan fingerprint density at radius 3 is 3.00 bits per heavy atom. The van der Waals surface area contributed by atoms with E-state index >= 15 is 0 Å². The van der Waals surface area contributed by atoms with E-state index in [0.717, 1.165) is 16.5 Å². The first kappa shape index (κ1) is 10.7. The second kappa shape index (κ2) is 4.34. The number of pyridine rings is 1. The topological polar surface area (TPSA) is 51.2 Å². The number of aromatic nitrogens is 1. The smallest absolute Gasteiger partial charge is 0.254 e. The number of amides is 1. The Kier molecular flexibility index (Phi) is 3.08. The molecule has 0 aromatic carbocycles. The van der Waals surface area contributed by atoms with Crippen LogP contribution in [0.5, 0.6) is 5.75 Å². The third-order valence-electron chi connectivity index (χ3n) is 2.14. The number of hydrogen-bond acceptors (Lipinski definition) is 3. The van der Waals surface area contributed by atoms with Crippen LogP contribution in [0.3, 0.4) is 0 Å². The first-order chi connectivity index (χ1) is 7.22. The van der Waals surface area contributed by atoms with Gasteiger partial charge in [0.25, 0.3) is 5.91 Å². The van der Waals surface area contributed by atoms with Crippen LogP contribution in [-0.4, -0.2) is 24.0 Å². The van der Waals surface area contributed by atoms with E-state index in [1.807, 2.05) is 0 Å². The zero-order valence-corrected chi connectivity index (χ0v) is 10.4. The molecule has 15 heavy (non-hydrogen) atoms. The third-order valence-corrected chi connectivity index (χ3v) is 2.91. The van der Waals surface area contributed by atoms with Gasteiger partial charge in [-0.3, -0.25) is 4.79 Å². The predicted octanol–water partition coefficient (Wildman–Crippen LogP) is 1.59. The van der Waals surface area contributed by atoms with Gasteiger partial charge in [0, 0.05) is 13.2 Å². The summed E-state index contributed by atoms with van der Waals surface area (Å²) in [5.74, 6) is 0.478. The summed E-state index contributed by atoms with van der Waals surface area (Å²) in [6, 6.07) is 1.68. The molecule has 1 aromatic heterocycles. The lowest BCUT2D eigenvalue weighted by Crippen LogP contribution is -2.20. The third kappa shape index (κ3) is 2.39. The lowest BCUT2D eigenvalue weighted by Gasteiger charge is -2.10. The number of carbonyl (C=O) groups is 1. The first-order valence-electron chi connectivity index (χ1n) is 4.75. The van der Waals surface area contributed by atoms with Crippen molar-refractivity contribution in [3.63, 3.8) is 0 Å². The first-order valence-corrected chi connectivity index (χ1v) is 5.83. The average Bonchev–Trinajstić information content (AvgIpc) is 3.04. The molecule has 0 aliphatic heterocycles. The van der Waals surface area contributed by atoms with Gasteiger partial charge in [0.05, 0.1) is 11.7 Å². The van der Waals surface area contributed by atoms with Crippen LogP contribution in [0, 0.1) is 3.70 Å². The van der Waals surface area contributed by atoms with Gasteiger partial charge < -0.3 is 10.1 Å². The monoisotopic (exact) mass is 318 g/mol. The molecule has 1 aliphatic rings. The number of carbonyl (C=O) groups excluding carboxylic acids is 1. The van der Waals surface area contributed by atoms with E-state index < -0.39 is 0 Å². The molecular weight excluding hydrogens is 307 g/mol. The Labute approximate surface area is 102 Å². The molecule has 0 unspecified atom stereocenters. The Morgan fingerprint density at radius 2 is 2.40 bits per heavy atom. The lowest BCUT2D eigenvalue weighted by molar-refractivity contribution is 0.0958. The quantitative estimate of drug-likeness (QED) is 0.680. The number of hydrogen-bond donors (Lipinski definition) is 1. The van der Waals surface area contributed by atoms with Crippen LogP contribution in [0.25, 0.3) is 0 Å². The van der Waals surface area contributed by atoms with Crippen molar-refractivity contribution in [3.05, 3.63) is 21.5 Å². The zero-order chi connectivity index (χ0) is 10.8. The SMILES string of the molecule is CNC(=O)c1ccnc(I)c1OC1CC1. The molecule has 1 fully saturated rings. The number of ether oxygens (including phenoxy) is 1. The molecule has 1 heterocycles. The highest BCUT2D eigenvalue weighted by atomic mass is 127. The predicted molar refractivity (Wildman–Crippen MR) is 64.0 cm³/mol. The minimum Gasteiger partial charge on any atom is -0.487 e. The summed E-state index contributed by atoms with van der Waals surface area (Å²) in [5.41, 5.74) is 0.559. The molecule has 1 aliphatic carbocycles. The molecule has 0 atom stereocenters. The van der Waals surface area contributed by atoms with E-state index in [2.05, 4.69) is 32.9 Å². The molecular formula is C10H11IN2O2. The van der Waals surface area contributed by atoms with Gasteiger partial charge >= 0.3 is 0 Å². The van der Waals surface area contributed by atoms with Crippen molar-refractivity contribution in [2.75, 3.05) is 7.05 Å². The largest absolute Gasteiger partial charge is 0.487 e. The average molecular weight is 318 g/mol. The second-order valence-corrected chi connectivity index (χ2v) is 4.40. The standard InChI is InChI=1S/C10H11IN2O2/c1-12-10(14)7-4-5-13-9(11)8(7)15-6-2-3-6/h4-6H,2-3H2,1H3,(H,12,14). The van der Waals surface area contributed by atoms with E-state index in [1.54, 1.807) is 19.3 Å². The molecule has 0 spiro atoms. The van der Waals surface area contributed by atoms with Crippen LogP contribution in [0.4, 0.5) is 0 Å². The Bertz CT molecular complexity index is 391. The van der Waals surface area contributed by atoms with Crippen molar-refractivity contribution in [1.29, 1.82) is 0 Å². The van der Waals surface area contributed by atoms with E-state index in [0.29, 0.717) is 11.3 Å². The molecule has 4 nitrogen and oxygen atoms in total. The van der Waals surface area contributed by atoms with E-state index in [1.165, 1.54) is 0 Å². The van der Waals surface area contributed by atoms with Crippen molar-refractivity contribution in [3.8, 4) is 5.75 Å². The van der Waals surface area contributed by atoms with Crippen molar-refractivity contribution in [1.82, 2.24) is 10.3 Å². The van der Waals surface area contributed by atoms with Gasteiger partial charge in [-0.2, -0.15) is 0 Å². The maximum Gasteiger partial charge on any atom is 0.254 e. The molecule has 1 amide bonds. The maximum absolute atomic E-state index is 11.6. The minimum atomic E-state index is -0.133. The van der Waals surface area contributed by atoms with E-state index in [9.17, 15) is 4.79 Å². The van der Waals surface area contributed by atoms with Crippen LogP contribution in [0.1, 0.15) is 23.2 Å². The van der Waals surface area contributed by atoms with Crippen LogP contribution < -0.4 is 10.1 Å². The van der Waals surface area contributed by atoms with Crippen molar-refractivity contribution < 1.29 is 9.53 Å². The normalized spacial score (nSPS) is 14.8. The molecule has 80 valence electrons. The molecule has 0 saturated heterocycles. The fourth-order valence-corrected chi connectivity index (χ4v) is 1.78. The Hall–Kier alpha value is -0.850. The summed E-state index contributed by atoms with van der Waals surface area (Å²) in [4.78, 5) is 15.7. The van der Waals surface area contributed by atoms with Crippen LogP contribution >= 0.6 is 22.6 Å². The van der Waals surface area contributed by atoms with Crippen molar-refractivity contribution in [2.45, 2.75) is 18.9 Å². The molecule has 2 rings (SSSR count). The number of nitrogens with zero attached hydrogens (tertiary/aromatic N) is 1. The Morgan fingerprint density at radius 1 is 1.67 bits per heavy atom. The molecule has 1 aromatic rings. The van der Waals surface area contributed by atoms with Crippen LogP contribution in [0.2, 0.25) is 0 Å². The fourth-order valence-electron chi connectivity index (χ4n) is 1.20.